The average molecular weight is 91.2 g/mol. The first-order valence-electron chi connectivity index (χ1n) is 1.51. The quantitative estimate of drug-likeness (QED) is 0.400. The third-order valence-electron chi connectivity index (χ3n) is 0. The van der Waals surface area contributed by atoms with Crippen molar-refractivity contribution in [2.45, 2.75) is 13.1 Å². The molecule has 3 N–H and O–H groups in total. The van der Waals surface area contributed by atoms with Crippen molar-refractivity contribution >= 4 is 8.48 Å². The molecule has 0 aromatic carbocycles. The van der Waals surface area contributed by atoms with Crippen LogP contribution in [-0.2, 0) is 0 Å². The van der Waals surface area contributed by atoms with Crippen molar-refractivity contribution in [1.82, 2.24) is 0 Å². The Hall–Kier alpha value is 0.137. The number of rotatable bonds is 0. The molecule has 5 heavy (non-hydrogen) atoms. The minimum Gasteiger partial charge on any atom is -0.420 e. The summed E-state index contributed by atoms with van der Waals surface area (Å²) < 4.78 is 0. The summed E-state index contributed by atoms with van der Waals surface area (Å²) in [6.07, 6.45) is 0. The van der Waals surface area contributed by atoms with E-state index in [0.29, 0.717) is 0 Å². The SMILES string of the molecule is C[Si](C)(N)O. The van der Waals surface area contributed by atoms with Gasteiger partial charge in [0.05, 0.1) is 0 Å². The zero-order valence-electron chi connectivity index (χ0n) is 3.52. The van der Waals surface area contributed by atoms with Gasteiger partial charge in [0, 0.05) is 0 Å². The van der Waals surface area contributed by atoms with E-state index in [1.807, 2.05) is 0 Å². The Labute approximate surface area is 32.8 Å². The molecule has 0 aliphatic carbocycles. The second-order valence-electron chi connectivity index (χ2n) is 1.65. The third kappa shape index (κ3) is 1010. The Morgan fingerprint density at radius 1 is 1.60 bits per heavy atom. The fourth-order valence-corrected chi connectivity index (χ4v) is 0. The normalized spacial score (nSPS) is 12.0. The minimum absolute atomic E-state index is 1.66. The van der Waals surface area contributed by atoms with Crippen LogP contribution in [0.25, 0.3) is 0 Å². The van der Waals surface area contributed by atoms with Gasteiger partial charge in [0.1, 0.15) is 0 Å². The smallest absolute Gasteiger partial charge is 0.256 e. The molecule has 32 valence electrons. The maximum absolute atomic E-state index is 8.44. The molecule has 0 aromatic rings. The molecule has 0 amide bonds. The van der Waals surface area contributed by atoms with Crippen LogP contribution in [0.15, 0.2) is 0 Å². The van der Waals surface area contributed by atoms with E-state index in [9.17, 15) is 0 Å². The van der Waals surface area contributed by atoms with Crippen LogP contribution >= 0.6 is 0 Å². The second-order valence-corrected chi connectivity index (χ2v) is 4.96. The van der Waals surface area contributed by atoms with Gasteiger partial charge in [0.15, 0.2) is 0 Å². The van der Waals surface area contributed by atoms with Gasteiger partial charge in [-0.1, -0.05) is 0 Å². The van der Waals surface area contributed by atoms with Crippen molar-refractivity contribution in [1.29, 1.82) is 0 Å². The summed E-state index contributed by atoms with van der Waals surface area (Å²) in [5, 5.41) is 5.05. The molecule has 0 saturated carbocycles. The van der Waals surface area contributed by atoms with Gasteiger partial charge in [-0.2, -0.15) is 0 Å². The lowest BCUT2D eigenvalue weighted by atomic mass is 11.9. The van der Waals surface area contributed by atoms with Gasteiger partial charge in [-0.25, -0.2) is 0 Å². The Bertz CT molecular complexity index is 25.1. The van der Waals surface area contributed by atoms with E-state index in [4.69, 9.17) is 10.2 Å². The van der Waals surface area contributed by atoms with Gasteiger partial charge in [-0.05, 0) is 13.1 Å². The molecule has 0 heterocycles. The van der Waals surface area contributed by atoms with E-state index < -0.39 is 8.48 Å². The van der Waals surface area contributed by atoms with Crippen molar-refractivity contribution in [3.05, 3.63) is 0 Å². The molecule has 0 fully saturated rings. The topological polar surface area (TPSA) is 46.2 Å². The largest absolute Gasteiger partial charge is 0.420 e. The number of hydrogen-bond donors (Lipinski definition) is 2. The summed E-state index contributed by atoms with van der Waals surface area (Å²) in [6.45, 7) is 3.32. The van der Waals surface area contributed by atoms with Crippen LogP contribution in [-0.4, -0.2) is 13.3 Å². The molecule has 0 aliphatic rings. The summed E-state index contributed by atoms with van der Waals surface area (Å²) in [7, 11) is -2.11. The molecule has 3 heteroatoms. The fraction of sp³-hybridized carbons (Fsp3) is 1.00. The van der Waals surface area contributed by atoms with Gasteiger partial charge < -0.3 is 10.2 Å². The van der Waals surface area contributed by atoms with Crippen molar-refractivity contribution in [3.8, 4) is 0 Å². The maximum atomic E-state index is 8.44. The van der Waals surface area contributed by atoms with E-state index in [2.05, 4.69) is 0 Å². The standard InChI is InChI=1S/C2H9NOSi/c1-5(2,3)4/h4H,3H2,1-2H3. The van der Waals surface area contributed by atoms with E-state index in [-0.39, 0.29) is 0 Å². The molecule has 0 spiro atoms. The maximum Gasteiger partial charge on any atom is 0.256 e. The first-order chi connectivity index (χ1) is 2.00. The number of nitrogens with two attached hydrogens (primary N) is 1. The molecule has 0 atom stereocenters. The van der Waals surface area contributed by atoms with Crippen molar-refractivity contribution < 1.29 is 4.80 Å². The molecular formula is C2H9NOSi. The molecular weight excluding hydrogens is 82.1 g/mol. The van der Waals surface area contributed by atoms with Crippen LogP contribution in [0.5, 0.6) is 0 Å². The summed E-state index contributed by atoms with van der Waals surface area (Å²) in [4.78, 5) is 8.44. The molecule has 2 nitrogen and oxygen atoms in total. The highest BCUT2D eigenvalue weighted by atomic mass is 28.4. The zero-order chi connectivity index (χ0) is 4.50. The van der Waals surface area contributed by atoms with E-state index in [1.165, 1.54) is 0 Å². The van der Waals surface area contributed by atoms with Gasteiger partial charge in [0.2, 0.25) is 0 Å². The van der Waals surface area contributed by atoms with Crippen LogP contribution in [0.2, 0.25) is 13.1 Å². The van der Waals surface area contributed by atoms with Crippen LogP contribution in [0.3, 0.4) is 0 Å². The molecule has 0 unspecified atom stereocenters. The van der Waals surface area contributed by atoms with Gasteiger partial charge in [0.25, 0.3) is 8.48 Å². The number of hydrogen-bond acceptors (Lipinski definition) is 2. The first-order valence-corrected chi connectivity index (χ1v) is 4.54. The Morgan fingerprint density at radius 3 is 1.60 bits per heavy atom. The Balaban J connectivity index is 3.02. The molecule has 0 saturated heterocycles. The predicted molar refractivity (Wildman–Crippen MR) is 23.9 cm³/mol. The molecule has 0 aliphatic heterocycles. The highest BCUT2D eigenvalue weighted by molar-refractivity contribution is 6.66. The average Bonchev–Trinajstić information content (AvgIpc) is 0.722. The lowest BCUT2D eigenvalue weighted by Gasteiger charge is -1.99. The van der Waals surface area contributed by atoms with Gasteiger partial charge in [-0.15, -0.1) is 0 Å². The van der Waals surface area contributed by atoms with Crippen LogP contribution < -0.4 is 5.40 Å². The van der Waals surface area contributed by atoms with Gasteiger partial charge >= 0.3 is 0 Å². The first kappa shape index (κ1) is 5.14. The predicted octanol–water partition coefficient (Wildman–Crippen LogP) is -0.361. The summed E-state index contributed by atoms with van der Waals surface area (Å²) in [5.74, 6) is 0. The Morgan fingerprint density at radius 2 is 1.60 bits per heavy atom. The van der Waals surface area contributed by atoms with Crippen molar-refractivity contribution in [3.63, 3.8) is 0 Å². The minimum atomic E-state index is -2.11. The van der Waals surface area contributed by atoms with Crippen molar-refractivity contribution in [2.24, 2.45) is 5.40 Å². The third-order valence-corrected chi connectivity index (χ3v) is 0. The highest BCUT2D eigenvalue weighted by Gasteiger charge is 2.05. The summed E-state index contributed by atoms with van der Waals surface area (Å²) in [6, 6.07) is 0. The Kier molecular flexibility index (Phi) is 1.11. The molecule has 0 bridgehead atoms. The highest BCUT2D eigenvalue weighted by Crippen LogP contribution is 1.76. The monoisotopic (exact) mass is 91.0 g/mol. The molecule has 0 aromatic heterocycles. The van der Waals surface area contributed by atoms with Crippen molar-refractivity contribution in [2.75, 3.05) is 0 Å². The second kappa shape index (κ2) is 1.08. The van der Waals surface area contributed by atoms with Crippen LogP contribution in [0.1, 0.15) is 0 Å². The van der Waals surface area contributed by atoms with Gasteiger partial charge in [-0.3, -0.25) is 0 Å². The summed E-state index contributed by atoms with van der Waals surface area (Å²) in [5.41, 5.74) is 0. The molecule has 0 radical (unpaired) electrons. The summed E-state index contributed by atoms with van der Waals surface area (Å²) >= 11 is 0. The van der Waals surface area contributed by atoms with Crippen LogP contribution in [0.4, 0.5) is 0 Å². The lowest BCUT2D eigenvalue weighted by molar-refractivity contribution is 0.553. The van der Waals surface area contributed by atoms with E-state index in [0.717, 1.165) is 0 Å². The van der Waals surface area contributed by atoms with E-state index in [1.54, 1.807) is 13.1 Å². The van der Waals surface area contributed by atoms with Crippen LogP contribution in [0, 0.1) is 0 Å². The zero-order valence-corrected chi connectivity index (χ0v) is 4.52. The molecule has 0 rings (SSSR count). The van der Waals surface area contributed by atoms with E-state index >= 15 is 0 Å². The lowest BCUT2D eigenvalue weighted by Crippen LogP contribution is -2.37. The fourth-order valence-electron chi connectivity index (χ4n) is 0.